The molecule has 3 aromatic carbocycles. The van der Waals surface area contributed by atoms with Gasteiger partial charge in [0.1, 0.15) is 5.82 Å². The molecule has 0 fully saturated rings. The molecule has 4 rings (SSSR count). The molecule has 0 aliphatic rings. The molecule has 0 radical (unpaired) electrons. The largest absolute Gasteiger partial charge is 0.366 e. The van der Waals surface area contributed by atoms with Gasteiger partial charge in [0.05, 0.1) is 0 Å². The van der Waals surface area contributed by atoms with Gasteiger partial charge >= 0.3 is 0 Å². The summed E-state index contributed by atoms with van der Waals surface area (Å²) in [5.41, 5.74) is 8.52. The molecule has 2 nitrogen and oxygen atoms in total. The van der Waals surface area contributed by atoms with Crippen LogP contribution in [0.5, 0.6) is 0 Å². The molecule has 4 aromatic rings. The summed E-state index contributed by atoms with van der Waals surface area (Å²) in [5, 5.41) is 1.94. The maximum absolute atomic E-state index is 13.6. The zero-order valence-corrected chi connectivity index (χ0v) is 16.8. The van der Waals surface area contributed by atoms with Gasteiger partial charge in [-0.15, -0.1) is 11.3 Å². The van der Waals surface area contributed by atoms with Crippen LogP contribution < -0.4 is 5.73 Å². The van der Waals surface area contributed by atoms with Crippen molar-refractivity contribution in [3.05, 3.63) is 92.5 Å². The first-order chi connectivity index (χ1) is 13.4. The smallest absolute Gasteiger partial charge is 0.248 e. The summed E-state index contributed by atoms with van der Waals surface area (Å²) >= 11 is 14.0. The van der Waals surface area contributed by atoms with Gasteiger partial charge in [0.2, 0.25) is 5.91 Å². The number of hydrogen-bond donors (Lipinski definition) is 1. The number of primary amides is 1. The first-order valence-electron chi connectivity index (χ1n) is 8.47. The number of nitrogens with two attached hydrogens (primary N) is 1. The van der Waals surface area contributed by atoms with E-state index in [0.717, 1.165) is 31.7 Å². The van der Waals surface area contributed by atoms with Crippen molar-refractivity contribution in [2.45, 2.75) is 6.42 Å². The normalized spacial score (nSPS) is 11.1. The molecule has 0 saturated heterocycles. The lowest BCUT2D eigenvalue weighted by Gasteiger charge is -2.06. The van der Waals surface area contributed by atoms with Gasteiger partial charge in [0.15, 0.2) is 0 Å². The molecule has 0 atom stereocenters. The van der Waals surface area contributed by atoms with Gasteiger partial charge in [-0.3, -0.25) is 4.79 Å². The average molecular weight is 430 g/mol. The van der Waals surface area contributed by atoms with E-state index in [-0.39, 0.29) is 5.82 Å². The number of thiophene rings is 1. The number of fused-ring (bicyclic) bond motifs is 1. The van der Waals surface area contributed by atoms with Gasteiger partial charge in [0.25, 0.3) is 0 Å². The number of halogens is 3. The van der Waals surface area contributed by atoms with E-state index in [1.165, 1.54) is 12.1 Å². The molecule has 0 aliphatic heterocycles. The predicted octanol–water partition coefficient (Wildman–Crippen LogP) is 6.70. The average Bonchev–Trinajstić information content (AvgIpc) is 3.05. The summed E-state index contributed by atoms with van der Waals surface area (Å²) in [6.45, 7) is 0. The second kappa shape index (κ2) is 7.55. The molecule has 1 heterocycles. The Morgan fingerprint density at radius 3 is 2.61 bits per heavy atom. The second-order valence-electron chi connectivity index (χ2n) is 6.45. The lowest BCUT2D eigenvalue weighted by atomic mass is 10.0. The van der Waals surface area contributed by atoms with Gasteiger partial charge in [-0.25, -0.2) is 4.39 Å². The van der Waals surface area contributed by atoms with Crippen molar-refractivity contribution in [2.75, 3.05) is 0 Å². The highest BCUT2D eigenvalue weighted by atomic mass is 35.5. The topological polar surface area (TPSA) is 43.1 Å². The number of benzene rings is 3. The third-order valence-electron chi connectivity index (χ3n) is 4.44. The minimum atomic E-state index is -0.470. The third-order valence-corrected chi connectivity index (χ3v) is 6.16. The van der Waals surface area contributed by atoms with Crippen molar-refractivity contribution in [1.82, 2.24) is 0 Å². The molecule has 0 unspecified atom stereocenters. The molecule has 2 N–H and O–H groups in total. The summed E-state index contributed by atoms with van der Waals surface area (Å²) < 4.78 is 14.7. The van der Waals surface area contributed by atoms with Gasteiger partial charge in [0, 0.05) is 37.0 Å². The zero-order valence-electron chi connectivity index (χ0n) is 14.5. The Labute approximate surface area is 175 Å². The summed E-state index contributed by atoms with van der Waals surface area (Å²) in [6, 6.07) is 17.5. The maximum atomic E-state index is 13.6. The Kier molecular flexibility index (Phi) is 5.11. The highest BCUT2D eigenvalue weighted by molar-refractivity contribution is 7.19. The van der Waals surface area contributed by atoms with Crippen LogP contribution in [0.4, 0.5) is 4.39 Å². The van der Waals surface area contributed by atoms with E-state index in [0.29, 0.717) is 22.0 Å². The summed E-state index contributed by atoms with van der Waals surface area (Å²) in [5.74, 6) is -0.826. The van der Waals surface area contributed by atoms with E-state index in [1.54, 1.807) is 35.6 Å². The van der Waals surface area contributed by atoms with Crippen LogP contribution >= 0.6 is 34.5 Å². The summed E-state index contributed by atoms with van der Waals surface area (Å²) in [7, 11) is 0. The van der Waals surface area contributed by atoms with Crippen molar-refractivity contribution in [1.29, 1.82) is 0 Å². The fraction of sp³-hybridized carbons (Fsp3) is 0.0455. The number of hydrogen-bond acceptors (Lipinski definition) is 2. The first-order valence-corrected chi connectivity index (χ1v) is 10.0. The Morgan fingerprint density at radius 1 is 1.04 bits per heavy atom. The van der Waals surface area contributed by atoms with E-state index < -0.39 is 5.91 Å². The Morgan fingerprint density at radius 2 is 1.86 bits per heavy atom. The van der Waals surface area contributed by atoms with Gasteiger partial charge in [-0.1, -0.05) is 41.4 Å². The molecule has 1 amide bonds. The molecule has 140 valence electrons. The molecular weight excluding hydrogens is 416 g/mol. The van der Waals surface area contributed by atoms with Crippen LogP contribution in [0.15, 0.2) is 60.7 Å². The van der Waals surface area contributed by atoms with Crippen molar-refractivity contribution in [2.24, 2.45) is 5.73 Å². The van der Waals surface area contributed by atoms with Crippen LogP contribution in [-0.2, 0) is 6.42 Å². The molecule has 28 heavy (non-hydrogen) atoms. The van der Waals surface area contributed by atoms with Crippen molar-refractivity contribution >= 4 is 50.5 Å². The van der Waals surface area contributed by atoms with E-state index in [4.69, 9.17) is 28.9 Å². The molecule has 0 spiro atoms. The summed E-state index contributed by atoms with van der Waals surface area (Å²) in [4.78, 5) is 12.6. The van der Waals surface area contributed by atoms with Crippen molar-refractivity contribution < 1.29 is 9.18 Å². The number of carbonyl (C=O) groups is 1. The number of amides is 1. The Balaban J connectivity index is 1.81. The van der Waals surface area contributed by atoms with Crippen LogP contribution in [0.2, 0.25) is 10.0 Å². The van der Waals surface area contributed by atoms with Crippen LogP contribution in [0.3, 0.4) is 0 Å². The number of rotatable bonds is 4. The predicted molar refractivity (Wildman–Crippen MR) is 115 cm³/mol. The van der Waals surface area contributed by atoms with Crippen LogP contribution in [-0.4, -0.2) is 5.91 Å². The Bertz CT molecular complexity index is 1200. The van der Waals surface area contributed by atoms with Crippen LogP contribution in [0.1, 0.15) is 20.8 Å². The standard InChI is InChI=1S/C22H14Cl2FNOS/c23-15-6-12(7-16(25)10-15)8-17-11-19-20(24)5-4-18(21(19)28-17)13-2-1-3-14(9-13)22(26)27/h1-7,9-11H,8H2,(H2,26,27). The highest BCUT2D eigenvalue weighted by Gasteiger charge is 2.13. The molecule has 0 saturated carbocycles. The Hall–Kier alpha value is -2.40. The van der Waals surface area contributed by atoms with E-state index >= 15 is 0 Å². The third kappa shape index (κ3) is 3.76. The molecule has 1 aromatic heterocycles. The monoisotopic (exact) mass is 429 g/mol. The van der Waals surface area contributed by atoms with Gasteiger partial charge in [-0.2, -0.15) is 0 Å². The van der Waals surface area contributed by atoms with Gasteiger partial charge in [-0.05, 0) is 59.2 Å². The fourth-order valence-corrected chi connectivity index (χ4v) is 4.98. The molecule has 0 bridgehead atoms. The molecular formula is C22H14Cl2FNOS. The van der Waals surface area contributed by atoms with E-state index in [9.17, 15) is 9.18 Å². The van der Waals surface area contributed by atoms with Crippen LogP contribution in [0, 0.1) is 5.82 Å². The molecule has 0 aliphatic carbocycles. The minimum absolute atomic E-state index is 0.356. The maximum Gasteiger partial charge on any atom is 0.248 e. The van der Waals surface area contributed by atoms with Gasteiger partial charge < -0.3 is 5.73 Å². The highest BCUT2D eigenvalue weighted by Crippen LogP contribution is 2.39. The lowest BCUT2D eigenvalue weighted by molar-refractivity contribution is 0.100. The fourth-order valence-electron chi connectivity index (χ4n) is 3.21. The van der Waals surface area contributed by atoms with Crippen LogP contribution in [0.25, 0.3) is 21.2 Å². The number of carbonyl (C=O) groups excluding carboxylic acids is 1. The minimum Gasteiger partial charge on any atom is -0.366 e. The van der Waals surface area contributed by atoms with Crippen molar-refractivity contribution in [3.8, 4) is 11.1 Å². The summed E-state index contributed by atoms with van der Waals surface area (Å²) in [6.07, 6.45) is 0.550. The SMILES string of the molecule is NC(=O)c1cccc(-c2ccc(Cl)c3cc(Cc4cc(F)cc(Cl)c4)sc23)c1. The van der Waals surface area contributed by atoms with E-state index in [1.807, 2.05) is 24.3 Å². The quantitative estimate of drug-likeness (QED) is 0.385. The first kappa shape index (κ1) is 18.9. The molecule has 6 heteroatoms. The van der Waals surface area contributed by atoms with E-state index in [2.05, 4.69) is 0 Å². The second-order valence-corrected chi connectivity index (χ2v) is 8.43. The zero-order chi connectivity index (χ0) is 19.8. The van der Waals surface area contributed by atoms with Crippen molar-refractivity contribution in [3.63, 3.8) is 0 Å². The lowest BCUT2D eigenvalue weighted by Crippen LogP contribution is -2.10.